The molecule has 0 radical (unpaired) electrons. The lowest BCUT2D eigenvalue weighted by Crippen LogP contribution is -2.40. The second kappa shape index (κ2) is 6.26. The van der Waals surface area contributed by atoms with Gasteiger partial charge in [-0.3, -0.25) is 4.79 Å². The maximum Gasteiger partial charge on any atom is 0.257 e. The molecule has 1 atom stereocenters. The average Bonchev–Trinajstić information content (AvgIpc) is 2.41. The molecule has 1 amide bonds. The number of hydrogen-bond acceptors (Lipinski definition) is 3. The van der Waals surface area contributed by atoms with Gasteiger partial charge in [0.05, 0.1) is 5.56 Å². The minimum Gasteiger partial charge on any atom is -0.507 e. The van der Waals surface area contributed by atoms with Crippen LogP contribution in [0.5, 0.6) is 5.75 Å². The molecule has 1 fully saturated rings. The lowest BCUT2D eigenvalue weighted by Gasteiger charge is -2.32. The molecule has 104 valence electrons. The van der Waals surface area contributed by atoms with E-state index in [1.807, 2.05) is 0 Å². The van der Waals surface area contributed by atoms with Crippen molar-refractivity contribution in [3.8, 4) is 5.75 Å². The van der Waals surface area contributed by atoms with Gasteiger partial charge < -0.3 is 15.7 Å². The minimum atomic E-state index is -0.151. The number of halogens is 1. The van der Waals surface area contributed by atoms with Gasteiger partial charge in [-0.05, 0) is 49.9 Å². The number of carbonyl (C=O) groups is 1. The second-order valence-electron chi connectivity index (χ2n) is 5.00. The molecule has 0 aromatic heterocycles. The summed E-state index contributed by atoms with van der Waals surface area (Å²) in [4.78, 5) is 14.2. The highest BCUT2D eigenvalue weighted by molar-refractivity contribution is 6.31. The van der Waals surface area contributed by atoms with Gasteiger partial charge in [-0.2, -0.15) is 0 Å². The van der Waals surface area contributed by atoms with E-state index in [9.17, 15) is 9.90 Å². The topological polar surface area (TPSA) is 66.6 Å². The van der Waals surface area contributed by atoms with E-state index in [4.69, 9.17) is 17.3 Å². The Kier molecular flexibility index (Phi) is 4.66. The summed E-state index contributed by atoms with van der Waals surface area (Å²) < 4.78 is 0. The first-order valence-corrected chi connectivity index (χ1v) is 6.97. The molecule has 19 heavy (non-hydrogen) atoms. The summed E-state index contributed by atoms with van der Waals surface area (Å²) in [5.41, 5.74) is 5.85. The first-order chi connectivity index (χ1) is 9.11. The van der Waals surface area contributed by atoms with E-state index in [-0.39, 0.29) is 17.2 Å². The van der Waals surface area contributed by atoms with Crippen LogP contribution in [0.1, 0.15) is 29.6 Å². The molecule has 0 spiro atoms. The fraction of sp³-hybridized carbons (Fsp3) is 0.500. The molecule has 4 nitrogen and oxygen atoms in total. The SMILES string of the molecule is NCCC1CCCN(C(=O)c2cc(Cl)ccc2O)C1. The van der Waals surface area contributed by atoms with E-state index >= 15 is 0 Å². The van der Waals surface area contributed by atoms with E-state index < -0.39 is 0 Å². The third-order valence-electron chi connectivity index (χ3n) is 3.57. The third kappa shape index (κ3) is 3.39. The third-order valence-corrected chi connectivity index (χ3v) is 3.81. The molecule has 1 heterocycles. The van der Waals surface area contributed by atoms with Crippen LogP contribution in [0.3, 0.4) is 0 Å². The number of benzene rings is 1. The van der Waals surface area contributed by atoms with Crippen molar-refractivity contribution in [3.05, 3.63) is 28.8 Å². The highest BCUT2D eigenvalue weighted by Crippen LogP contribution is 2.26. The number of amides is 1. The lowest BCUT2D eigenvalue weighted by molar-refractivity contribution is 0.0666. The summed E-state index contributed by atoms with van der Waals surface area (Å²) in [6, 6.07) is 4.55. The molecule has 1 aliphatic rings. The number of carbonyl (C=O) groups excluding carboxylic acids is 1. The van der Waals surface area contributed by atoms with Crippen LogP contribution < -0.4 is 5.73 Å². The molecule has 3 N–H and O–H groups in total. The van der Waals surface area contributed by atoms with Crippen molar-refractivity contribution < 1.29 is 9.90 Å². The summed E-state index contributed by atoms with van der Waals surface area (Å²) in [7, 11) is 0. The molecule has 1 aromatic rings. The monoisotopic (exact) mass is 282 g/mol. The first kappa shape index (κ1) is 14.2. The number of aromatic hydroxyl groups is 1. The highest BCUT2D eigenvalue weighted by Gasteiger charge is 2.25. The largest absolute Gasteiger partial charge is 0.507 e. The van der Waals surface area contributed by atoms with Gasteiger partial charge in [0.25, 0.3) is 5.91 Å². The zero-order chi connectivity index (χ0) is 13.8. The molecule has 2 rings (SSSR count). The molecule has 1 aliphatic heterocycles. The van der Waals surface area contributed by atoms with E-state index in [2.05, 4.69) is 0 Å². The van der Waals surface area contributed by atoms with Crippen molar-refractivity contribution in [1.82, 2.24) is 4.90 Å². The number of nitrogens with two attached hydrogens (primary N) is 1. The lowest BCUT2D eigenvalue weighted by atomic mass is 9.94. The Morgan fingerprint density at radius 3 is 3.05 bits per heavy atom. The van der Waals surface area contributed by atoms with Crippen LogP contribution in [0.15, 0.2) is 18.2 Å². The van der Waals surface area contributed by atoms with E-state index in [1.54, 1.807) is 11.0 Å². The fourth-order valence-electron chi connectivity index (χ4n) is 2.57. The van der Waals surface area contributed by atoms with Crippen LogP contribution in [0.2, 0.25) is 5.02 Å². The number of hydrogen-bond donors (Lipinski definition) is 2. The molecule has 0 aliphatic carbocycles. The standard InChI is InChI=1S/C14H19ClN2O2/c15-11-3-4-13(18)12(8-11)14(19)17-7-1-2-10(9-17)5-6-16/h3-4,8,10,18H,1-2,5-7,9,16H2. The summed E-state index contributed by atoms with van der Waals surface area (Å²) in [6.07, 6.45) is 3.03. The van der Waals surface area contributed by atoms with Crippen molar-refractivity contribution in [2.45, 2.75) is 19.3 Å². The van der Waals surface area contributed by atoms with Gasteiger partial charge >= 0.3 is 0 Å². The van der Waals surface area contributed by atoms with Crippen molar-refractivity contribution in [2.75, 3.05) is 19.6 Å². The minimum absolute atomic E-state index is 0.0182. The molecular weight excluding hydrogens is 264 g/mol. The smallest absolute Gasteiger partial charge is 0.257 e. The fourth-order valence-corrected chi connectivity index (χ4v) is 2.74. The second-order valence-corrected chi connectivity index (χ2v) is 5.43. The van der Waals surface area contributed by atoms with Crippen molar-refractivity contribution in [1.29, 1.82) is 0 Å². The predicted octanol–water partition coefficient (Wildman–Crippen LogP) is 2.25. The van der Waals surface area contributed by atoms with E-state index in [1.165, 1.54) is 12.1 Å². The predicted molar refractivity (Wildman–Crippen MR) is 75.4 cm³/mol. The molecule has 0 bridgehead atoms. The van der Waals surface area contributed by atoms with Gasteiger partial charge in [0, 0.05) is 18.1 Å². The Bertz CT molecular complexity index is 463. The quantitative estimate of drug-likeness (QED) is 0.893. The van der Waals surface area contributed by atoms with Gasteiger partial charge in [-0.15, -0.1) is 0 Å². The summed E-state index contributed by atoms with van der Waals surface area (Å²) in [6.45, 7) is 2.09. The van der Waals surface area contributed by atoms with Gasteiger partial charge in [0.1, 0.15) is 5.75 Å². The van der Waals surface area contributed by atoms with Gasteiger partial charge in [-0.1, -0.05) is 11.6 Å². The Morgan fingerprint density at radius 2 is 2.32 bits per heavy atom. The molecular formula is C14H19ClN2O2. The zero-order valence-electron chi connectivity index (χ0n) is 10.8. The van der Waals surface area contributed by atoms with Gasteiger partial charge in [0.15, 0.2) is 0 Å². The number of likely N-dealkylation sites (tertiary alicyclic amines) is 1. The van der Waals surface area contributed by atoms with Crippen LogP contribution >= 0.6 is 11.6 Å². The number of phenolic OH excluding ortho intramolecular Hbond substituents is 1. The Labute approximate surface area is 118 Å². The van der Waals surface area contributed by atoms with Crippen LogP contribution in [0, 0.1) is 5.92 Å². The van der Waals surface area contributed by atoms with E-state index in [0.717, 1.165) is 25.8 Å². The molecule has 0 saturated carbocycles. The summed E-state index contributed by atoms with van der Waals surface area (Å²) in [5, 5.41) is 10.2. The molecule has 1 unspecified atom stereocenters. The number of piperidine rings is 1. The Hall–Kier alpha value is -1.26. The molecule has 5 heteroatoms. The average molecular weight is 283 g/mol. The van der Waals surface area contributed by atoms with Gasteiger partial charge in [-0.25, -0.2) is 0 Å². The van der Waals surface area contributed by atoms with Crippen molar-refractivity contribution in [3.63, 3.8) is 0 Å². The van der Waals surface area contributed by atoms with Crippen molar-refractivity contribution in [2.24, 2.45) is 11.7 Å². The van der Waals surface area contributed by atoms with E-state index in [0.29, 0.717) is 24.0 Å². The summed E-state index contributed by atoms with van der Waals surface area (Å²) in [5.74, 6) is 0.293. The number of phenols is 1. The molecule has 1 saturated heterocycles. The number of rotatable bonds is 3. The Balaban J connectivity index is 2.12. The van der Waals surface area contributed by atoms with Crippen LogP contribution in [-0.4, -0.2) is 35.5 Å². The Morgan fingerprint density at radius 1 is 1.53 bits per heavy atom. The maximum absolute atomic E-state index is 12.4. The zero-order valence-corrected chi connectivity index (χ0v) is 11.6. The maximum atomic E-state index is 12.4. The first-order valence-electron chi connectivity index (χ1n) is 6.59. The highest BCUT2D eigenvalue weighted by atomic mass is 35.5. The summed E-state index contributed by atoms with van der Waals surface area (Å²) >= 11 is 5.88. The van der Waals surface area contributed by atoms with Crippen LogP contribution in [-0.2, 0) is 0 Å². The number of nitrogens with zero attached hydrogens (tertiary/aromatic N) is 1. The molecule has 1 aromatic carbocycles. The van der Waals surface area contributed by atoms with Crippen LogP contribution in [0.4, 0.5) is 0 Å². The van der Waals surface area contributed by atoms with Gasteiger partial charge in [0.2, 0.25) is 0 Å². The van der Waals surface area contributed by atoms with Crippen LogP contribution in [0.25, 0.3) is 0 Å². The van der Waals surface area contributed by atoms with Crippen molar-refractivity contribution >= 4 is 17.5 Å². The normalized spacial score (nSPS) is 19.5.